The molecule has 114 valence electrons. The molecule has 1 fully saturated rings. The van der Waals surface area contributed by atoms with E-state index >= 15 is 0 Å². The lowest BCUT2D eigenvalue weighted by atomic mass is 9.85. The molecule has 2 aliphatic heterocycles. The van der Waals surface area contributed by atoms with Gasteiger partial charge in [-0.2, -0.15) is 0 Å². The lowest BCUT2D eigenvalue weighted by Crippen LogP contribution is -2.34. The van der Waals surface area contributed by atoms with E-state index in [1.807, 2.05) is 23.2 Å². The third kappa shape index (κ3) is 2.05. The molecule has 2 aliphatic rings. The summed E-state index contributed by atoms with van der Waals surface area (Å²) in [6.07, 6.45) is 6.61. The second kappa shape index (κ2) is 4.97. The summed E-state index contributed by atoms with van der Waals surface area (Å²) in [5.41, 5.74) is 2.44. The maximum absolute atomic E-state index is 12.7. The number of hydrogen-bond donors (Lipinski definition) is 0. The maximum atomic E-state index is 12.7. The lowest BCUT2D eigenvalue weighted by molar-refractivity contribution is -0.129. The number of amides is 1. The number of imidazole rings is 1. The number of rotatable bonds is 2. The van der Waals surface area contributed by atoms with Crippen LogP contribution in [0.3, 0.4) is 0 Å². The van der Waals surface area contributed by atoms with E-state index in [2.05, 4.69) is 34.8 Å². The average Bonchev–Trinajstić information content (AvgIpc) is 3.21. The Morgan fingerprint density at radius 3 is 2.95 bits per heavy atom. The Bertz CT molecular complexity index is 721. The topological polar surface area (TPSA) is 38.1 Å². The van der Waals surface area contributed by atoms with Crippen molar-refractivity contribution < 1.29 is 4.79 Å². The fourth-order valence-electron chi connectivity index (χ4n) is 3.95. The van der Waals surface area contributed by atoms with Crippen LogP contribution in [-0.2, 0) is 23.2 Å². The van der Waals surface area contributed by atoms with Gasteiger partial charge in [0.05, 0.1) is 6.42 Å². The van der Waals surface area contributed by atoms with Gasteiger partial charge in [-0.05, 0) is 30.9 Å². The summed E-state index contributed by atoms with van der Waals surface area (Å²) in [4.78, 5) is 19.2. The first-order chi connectivity index (χ1) is 10.7. The van der Waals surface area contributed by atoms with E-state index in [0.717, 1.165) is 38.0 Å². The van der Waals surface area contributed by atoms with Gasteiger partial charge in [0, 0.05) is 37.4 Å². The minimum atomic E-state index is 0.102. The molecule has 2 aromatic rings. The number of benzene rings is 1. The summed E-state index contributed by atoms with van der Waals surface area (Å²) in [5, 5.41) is 0. The molecule has 3 heterocycles. The van der Waals surface area contributed by atoms with Gasteiger partial charge in [-0.25, -0.2) is 4.98 Å². The van der Waals surface area contributed by atoms with Crippen LogP contribution in [-0.4, -0.2) is 33.4 Å². The molecule has 4 nitrogen and oxygen atoms in total. The van der Waals surface area contributed by atoms with Crippen molar-refractivity contribution in [3.63, 3.8) is 0 Å². The van der Waals surface area contributed by atoms with E-state index in [1.165, 1.54) is 11.4 Å². The van der Waals surface area contributed by atoms with Gasteiger partial charge in [-0.1, -0.05) is 24.3 Å². The number of likely N-dealkylation sites (tertiary alicyclic amines) is 1. The number of fused-ring (bicyclic) bond motifs is 2. The highest BCUT2D eigenvalue weighted by atomic mass is 16.2. The Kier molecular flexibility index (Phi) is 3.06. The predicted molar refractivity (Wildman–Crippen MR) is 84.6 cm³/mol. The zero-order valence-corrected chi connectivity index (χ0v) is 13.0. The number of aryl methyl sites for hydroxylation is 2. The number of aromatic nitrogens is 2. The second-order valence-corrected chi connectivity index (χ2v) is 6.64. The smallest absolute Gasteiger partial charge is 0.227 e. The molecule has 0 bridgehead atoms. The molecule has 0 radical (unpaired) electrons. The second-order valence-electron chi connectivity index (χ2n) is 6.64. The molecular formula is C18H21N3O. The number of hydrogen-bond acceptors (Lipinski definition) is 2. The zero-order chi connectivity index (χ0) is 15.2. The first-order valence-electron chi connectivity index (χ1n) is 8.02. The molecule has 1 spiro atoms. The predicted octanol–water partition coefficient (Wildman–Crippen LogP) is 2.31. The Labute approximate surface area is 130 Å². The highest BCUT2D eigenvalue weighted by Gasteiger charge is 2.46. The van der Waals surface area contributed by atoms with Crippen LogP contribution in [0, 0.1) is 6.92 Å². The van der Waals surface area contributed by atoms with E-state index in [9.17, 15) is 4.79 Å². The van der Waals surface area contributed by atoms with Crippen molar-refractivity contribution in [2.45, 2.75) is 38.1 Å². The van der Waals surface area contributed by atoms with Crippen molar-refractivity contribution in [3.8, 4) is 0 Å². The van der Waals surface area contributed by atoms with Crippen LogP contribution in [0.15, 0.2) is 36.7 Å². The number of nitrogens with zero attached hydrogens (tertiary/aromatic N) is 3. The van der Waals surface area contributed by atoms with E-state index in [-0.39, 0.29) is 11.3 Å². The van der Waals surface area contributed by atoms with Crippen LogP contribution in [0.1, 0.15) is 29.8 Å². The van der Waals surface area contributed by atoms with Gasteiger partial charge < -0.3 is 9.47 Å². The summed E-state index contributed by atoms with van der Waals surface area (Å²) in [5.74, 6) is 1.43. The molecule has 4 rings (SSSR count). The zero-order valence-electron chi connectivity index (χ0n) is 13.0. The third-order valence-corrected chi connectivity index (χ3v) is 5.33. The van der Waals surface area contributed by atoms with Crippen LogP contribution in [0.2, 0.25) is 0 Å². The van der Waals surface area contributed by atoms with Gasteiger partial charge in [0.1, 0.15) is 5.82 Å². The highest BCUT2D eigenvalue weighted by Crippen LogP contribution is 2.41. The standard InChI is InChI=1S/C18H21N3O/c1-14-4-2-3-5-15(14)12-16(22)21-10-7-18(13-21)6-9-20-11-8-19-17(18)20/h2-5,8,11H,6-7,9-10,12-13H2,1H3/t18-/m0/s1. The van der Waals surface area contributed by atoms with Crippen LogP contribution < -0.4 is 0 Å². The van der Waals surface area contributed by atoms with E-state index in [1.54, 1.807) is 0 Å². The van der Waals surface area contributed by atoms with Crippen LogP contribution in [0.5, 0.6) is 0 Å². The molecule has 0 N–H and O–H groups in total. The summed E-state index contributed by atoms with van der Waals surface area (Å²) in [6, 6.07) is 8.16. The SMILES string of the molecule is Cc1ccccc1CC(=O)N1CC[C@@]2(CCn3ccnc32)C1. The van der Waals surface area contributed by atoms with Gasteiger partial charge >= 0.3 is 0 Å². The quantitative estimate of drug-likeness (QED) is 0.852. The van der Waals surface area contributed by atoms with Gasteiger partial charge in [0.2, 0.25) is 5.91 Å². The average molecular weight is 295 g/mol. The van der Waals surface area contributed by atoms with E-state index in [0.29, 0.717) is 6.42 Å². The van der Waals surface area contributed by atoms with Crippen LogP contribution in [0.25, 0.3) is 0 Å². The van der Waals surface area contributed by atoms with Crippen LogP contribution in [0.4, 0.5) is 0 Å². The maximum Gasteiger partial charge on any atom is 0.227 e. The Morgan fingerprint density at radius 1 is 1.27 bits per heavy atom. The number of carbonyl (C=O) groups excluding carboxylic acids is 1. The van der Waals surface area contributed by atoms with Crippen molar-refractivity contribution in [2.75, 3.05) is 13.1 Å². The highest BCUT2D eigenvalue weighted by molar-refractivity contribution is 5.79. The fraction of sp³-hybridized carbons (Fsp3) is 0.444. The monoisotopic (exact) mass is 295 g/mol. The molecule has 1 aromatic heterocycles. The molecule has 4 heteroatoms. The molecule has 0 unspecified atom stereocenters. The number of carbonyl (C=O) groups is 1. The van der Waals surface area contributed by atoms with Crippen molar-refractivity contribution in [1.29, 1.82) is 0 Å². The summed E-state index contributed by atoms with van der Waals surface area (Å²) < 4.78 is 2.25. The largest absolute Gasteiger partial charge is 0.341 e. The van der Waals surface area contributed by atoms with Crippen molar-refractivity contribution in [1.82, 2.24) is 14.5 Å². The van der Waals surface area contributed by atoms with Gasteiger partial charge in [0.15, 0.2) is 0 Å². The van der Waals surface area contributed by atoms with Crippen LogP contribution >= 0.6 is 0 Å². The molecule has 1 amide bonds. The molecule has 1 saturated heterocycles. The molecule has 22 heavy (non-hydrogen) atoms. The molecule has 1 aromatic carbocycles. The molecule has 0 saturated carbocycles. The first-order valence-corrected chi connectivity index (χ1v) is 8.02. The van der Waals surface area contributed by atoms with Crippen molar-refractivity contribution in [3.05, 3.63) is 53.6 Å². The molecule has 0 aliphatic carbocycles. The fourth-order valence-corrected chi connectivity index (χ4v) is 3.95. The molecule has 1 atom stereocenters. The summed E-state index contributed by atoms with van der Waals surface area (Å²) >= 11 is 0. The first kappa shape index (κ1) is 13.6. The normalized spacial score (nSPS) is 23.2. The summed E-state index contributed by atoms with van der Waals surface area (Å²) in [7, 11) is 0. The third-order valence-electron chi connectivity index (χ3n) is 5.33. The molecular weight excluding hydrogens is 274 g/mol. The Morgan fingerprint density at radius 2 is 2.09 bits per heavy atom. The van der Waals surface area contributed by atoms with Crippen molar-refractivity contribution >= 4 is 5.91 Å². The lowest BCUT2D eigenvalue weighted by Gasteiger charge is -2.23. The van der Waals surface area contributed by atoms with Gasteiger partial charge in [-0.15, -0.1) is 0 Å². The minimum absolute atomic E-state index is 0.102. The Hall–Kier alpha value is -2.10. The Balaban J connectivity index is 1.50. The van der Waals surface area contributed by atoms with E-state index in [4.69, 9.17) is 0 Å². The van der Waals surface area contributed by atoms with Crippen molar-refractivity contribution in [2.24, 2.45) is 0 Å². The minimum Gasteiger partial charge on any atom is -0.341 e. The van der Waals surface area contributed by atoms with E-state index < -0.39 is 0 Å². The van der Waals surface area contributed by atoms with Gasteiger partial charge in [-0.3, -0.25) is 4.79 Å². The summed E-state index contributed by atoms with van der Waals surface area (Å²) in [6.45, 7) is 4.79. The van der Waals surface area contributed by atoms with Gasteiger partial charge in [0.25, 0.3) is 0 Å².